The Labute approximate surface area is 558 Å². The summed E-state index contributed by atoms with van der Waals surface area (Å²) in [7, 11) is 0. The third kappa shape index (κ3) is 27.9. The fourth-order valence-electron chi connectivity index (χ4n) is 7.48. The number of aliphatic carboxylic acids is 2. The first kappa shape index (κ1) is 72.4. The Balaban J connectivity index is 0.000000357. The molecule has 0 bridgehead atoms. The first-order valence-electron chi connectivity index (χ1n) is 26.6. The maximum Gasteiger partial charge on any atom is 1.00 e. The van der Waals surface area contributed by atoms with Crippen molar-refractivity contribution in [3.8, 4) is 22.3 Å². The van der Waals surface area contributed by atoms with Gasteiger partial charge in [-0.1, -0.05) is 283 Å². The van der Waals surface area contributed by atoms with Gasteiger partial charge in [0.15, 0.2) is 0 Å². The minimum Gasteiger partial charge on any atom is -0.850 e. The molecule has 0 fully saturated rings. The molecule has 0 aliphatic heterocycles. The van der Waals surface area contributed by atoms with Gasteiger partial charge in [0.1, 0.15) is 0 Å². The molecule has 0 saturated heterocycles. The number of hydrogen-bond donors (Lipinski definition) is 5. The molecule has 0 amide bonds. The van der Waals surface area contributed by atoms with Crippen molar-refractivity contribution in [1.82, 2.24) is 0 Å². The average Bonchev–Trinajstić information content (AvgIpc) is 3.56. The zero-order valence-electron chi connectivity index (χ0n) is 48.7. The largest absolute Gasteiger partial charge is 1.00 e. The summed E-state index contributed by atoms with van der Waals surface area (Å²) in [4.78, 5) is 18.0. The number of carboxylic acid groups (broad SMARTS) is 2. The van der Waals surface area contributed by atoms with E-state index in [9.17, 15) is 5.11 Å². The van der Waals surface area contributed by atoms with Crippen LogP contribution in [0.5, 0.6) is 0 Å². The molecule has 436 valence electrons. The monoisotopic (exact) mass is 1370 g/mol. The number of anilines is 2. The number of halogens is 2. The zero-order chi connectivity index (χ0) is 60.5. The molecule has 0 aliphatic carbocycles. The summed E-state index contributed by atoms with van der Waals surface area (Å²) in [5.74, 6) is 3.76. The van der Waals surface area contributed by atoms with Gasteiger partial charge in [-0.05, 0) is 70.8 Å². The normalized spacial score (nSPS) is 9.67. The van der Waals surface area contributed by atoms with E-state index in [0.29, 0.717) is 0 Å². The molecule has 10 rings (SSSR count). The molecule has 10 aromatic rings. The fourth-order valence-corrected chi connectivity index (χ4v) is 8.01. The van der Waals surface area contributed by atoms with E-state index in [1.54, 1.807) is 20.8 Å². The van der Waals surface area contributed by atoms with Crippen molar-refractivity contribution in [2.45, 2.75) is 40.2 Å². The number of nitrogens with two attached hydrogens (primary N) is 1. The molecular formula is C71H67Br2N6NaO5Pd. The second-order valence-electron chi connectivity index (χ2n) is 19.1. The van der Waals surface area contributed by atoms with E-state index in [1.165, 1.54) is 11.1 Å². The predicted octanol–water partition coefficient (Wildman–Crippen LogP) is 13.7. The van der Waals surface area contributed by atoms with Gasteiger partial charge in [-0.25, -0.2) is 0 Å². The van der Waals surface area contributed by atoms with Crippen LogP contribution in [0.2, 0.25) is 0 Å². The van der Waals surface area contributed by atoms with E-state index < -0.39 is 17.5 Å². The maximum atomic E-state index is 10.1. The Kier molecular flexibility index (Phi) is 33.4. The van der Waals surface area contributed by atoms with Crippen molar-refractivity contribution in [3.63, 3.8) is 0 Å². The van der Waals surface area contributed by atoms with Crippen LogP contribution in [0.15, 0.2) is 303 Å². The van der Waals surface area contributed by atoms with Crippen LogP contribution in [0.25, 0.3) is 22.3 Å². The molecule has 0 unspecified atom stereocenters. The number of nitrogens with zero attached hydrogens (tertiary/aromatic N) is 3. The number of benzene rings is 10. The predicted molar refractivity (Wildman–Crippen MR) is 353 cm³/mol. The maximum absolute atomic E-state index is 10.1. The van der Waals surface area contributed by atoms with E-state index in [2.05, 4.69) is 193 Å². The zero-order valence-corrected chi connectivity index (χ0v) is 55.4. The summed E-state index contributed by atoms with van der Waals surface area (Å²) in [5, 5.41) is 38.3. The molecule has 0 heterocycles. The molecule has 10 aromatic carbocycles. The Morgan fingerprint density at radius 3 is 0.744 bits per heavy atom. The van der Waals surface area contributed by atoms with Crippen molar-refractivity contribution in [2.24, 2.45) is 21.1 Å². The van der Waals surface area contributed by atoms with Crippen molar-refractivity contribution in [2.75, 3.05) is 10.9 Å². The summed E-state index contributed by atoms with van der Waals surface area (Å²) in [6.45, 7) is 7.06. The van der Waals surface area contributed by atoms with E-state index in [1.807, 2.05) is 133 Å². The van der Waals surface area contributed by atoms with Crippen molar-refractivity contribution < 1.29 is 74.9 Å². The van der Waals surface area contributed by atoms with Gasteiger partial charge < -0.3 is 21.2 Å². The second kappa shape index (κ2) is 39.7. The van der Waals surface area contributed by atoms with Gasteiger partial charge >= 0.3 is 29.6 Å². The van der Waals surface area contributed by atoms with Gasteiger partial charge in [-0.15, -0.1) is 5.60 Å². The standard InChI is InChI=1S/C38H30N4.C13H12N2.C12H8Br2.C4H9O.2C2H4O2.Na.Pd/c1-5-13-31(14-6-1)37(32-15-7-2-8-16-32)41-39-35-25-21-29(22-26-35)30-23-27-36(28-24-30)40-42-38(33-17-9-3-10-18-33)34-19-11-4-12-20-34;14-15-13(11-7-3-1-4-8-11)12-9-5-2-6-10-12;13-11-5-1-9(2-6-11)10-3-7-12(14)8-4-10;1-4(2,3)5;2*1-2(3)4;;/h1-28,39-40H;1-10H,14H2;1-8H;1-3H3;2*1H3,(H,3,4);;/q;;;-1;;;+1;. The quantitative estimate of drug-likeness (QED) is 0.0346. The molecule has 15 heteroatoms. The molecular weight excluding hydrogens is 1310 g/mol. The molecule has 0 atom stereocenters. The van der Waals surface area contributed by atoms with Crippen molar-refractivity contribution in [1.29, 1.82) is 0 Å². The summed E-state index contributed by atoms with van der Waals surface area (Å²) < 4.78 is 2.22. The molecule has 0 radical (unpaired) electrons. The van der Waals surface area contributed by atoms with Crippen LogP contribution in [0.3, 0.4) is 0 Å². The van der Waals surface area contributed by atoms with Crippen molar-refractivity contribution >= 4 is 72.3 Å². The first-order valence-corrected chi connectivity index (χ1v) is 28.1. The Morgan fingerprint density at radius 1 is 0.384 bits per heavy atom. The van der Waals surface area contributed by atoms with Crippen molar-refractivity contribution in [3.05, 3.63) is 321 Å². The van der Waals surface area contributed by atoms with Crippen LogP contribution in [-0.2, 0) is 30.0 Å². The molecule has 0 saturated carbocycles. The molecule has 0 spiro atoms. The van der Waals surface area contributed by atoms with Gasteiger partial charge in [0.2, 0.25) is 0 Å². The first-order chi connectivity index (χ1) is 40.5. The van der Waals surface area contributed by atoms with Gasteiger partial charge in [-0.3, -0.25) is 20.4 Å². The fraction of sp³-hybridized carbons (Fsp3) is 0.0845. The van der Waals surface area contributed by atoms with Crippen LogP contribution in [-0.4, -0.2) is 44.9 Å². The Morgan fingerprint density at radius 2 is 0.558 bits per heavy atom. The second-order valence-corrected chi connectivity index (χ2v) is 21.0. The molecule has 11 nitrogen and oxygen atoms in total. The molecule has 86 heavy (non-hydrogen) atoms. The number of carbonyl (C=O) groups is 2. The topological polar surface area (TPSA) is 185 Å². The summed E-state index contributed by atoms with van der Waals surface area (Å²) in [6, 6.07) is 94.0. The van der Waals surface area contributed by atoms with Crippen LogP contribution < -0.4 is 51.4 Å². The van der Waals surface area contributed by atoms with Gasteiger partial charge in [0.05, 0.1) is 28.5 Å². The minimum absolute atomic E-state index is 0. The third-order valence-electron chi connectivity index (χ3n) is 11.1. The minimum atomic E-state index is -0.833. The van der Waals surface area contributed by atoms with Crippen LogP contribution >= 0.6 is 31.9 Å². The number of nitrogens with one attached hydrogen (secondary N) is 2. The number of rotatable bonds is 12. The molecule has 0 aliphatic rings. The van der Waals surface area contributed by atoms with Gasteiger partial charge in [0, 0.05) is 76.6 Å². The van der Waals surface area contributed by atoms with Crippen LogP contribution in [0.4, 0.5) is 11.4 Å². The smallest absolute Gasteiger partial charge is 0.850 e. The van der Waals surface area contributed by atoms with Gasteiger partial charge in [-0.2, -0.15) is 15.3 Å². The molecule has 0 aromatic heterocycles. The van der Waals surface area contributed by atoms with Crippen LogP contribution in [0, 0.1) is 0 Å². The van der Waals surface area contributed by atoms with Crippen LogP contribution in [0.1, 0.15) is 68.0 Å². The van der Waals surface area contributed by atoms with E-state index in [-0.39, 0.29) is 50.0 Å². The average molecular weight is 1370 g/mol. The number of hydrogen-bond acceptors (Lipinski definition) is 9. The Hall–Kier alpha value is -7.87. The summed E-state index contributed by atoms with van der Waals surface area (Å²) >= 11 is 6.84. The third-order valence-corrected chi connectivity index (χ3v) is 12.2. The SMILES string of the molecule is Brc1ccc(-c2ccc(Br)cc2)cc1.CC(=O)O.CC(=O)O.CC(C)(C)[O-].NN=C(c1ccccc1)c1ccccc1.[Na+].[Pd].c1ccc(C(=NNc2ccc(-c3ccc(NN=C(c4ccccc4)c4ccccc4)cc3)cc2)c2ccccc2)cc1. The van der Waals surface area contributed by atoms with E-state index in [0.717, 1.165) is 95.8 Å². The van der Waals surface area contributed by atoms with E-state index >= 15 is 0 Å². The Bertz CT molecular complexity index is 3280. The summed E-state index contributed by atoms with van der Waals surface area (Å²) in [5.41, 5.74) is 21.2. The van der Waals surface area contributed by atoms with Gasteiger partial charge in [0.25, 0.3) is 11.9 Å². The molecule has 6 N–H and O–H groups in total. The number of carboxylic acids is 2. The van der Waals surface area contributed by atoms with E-state index in [4.69, 9.17) is 35.8 Å². The summed E-state index contributed by atoms with van der Waals surface area (Å²) in [6.07, 6.45) is 0. The number of hydrazone groups is 3.